The van der Waals surface area contributed by atoms with Crippen LogP contribution in [-0.2, 0) is 11.2 Å². The van der Waals surface area contributed by atoms with Gasteiger partial charge in [0.15, 0.2) is 0 Å². The summed E-state index contributed by atoms with van der Waals surface area (Å²) in [5.41, 5.74) is -0.00502. The lowest BCUT2D eigenvalue weighted by Crippen LogP contribution is -2.33. The third-order valence-corrected chi connectivity index (χ3v) is 3.15. The van der Waals surface area contributed by atoms with Crippen molar-refractivity contribution < 1.29 is 9.21 Å². The first kappa shape index (κ1) is 9.31. The van der Waals surface area contributed by atoms with Gasteiger partial charge in [0.1, 0.15) is 5.76 Å². The second kappa shape index (κ2) is 3.15. The van der Waals surface area contributed by atoms with Crippen molar-refractivity contribution in [1.82, 2.24) is 5.32 Å². The molecule has 2 heterocycles. The zero-order valence-corrected chi connectivity index (χ0v) is 8.54. The van der Waals surface area contributed by atoms with Crippen LogP contribution in [0.15, 0.2) is 22.8 Å². The van der Waals surface area contributed by atoms with Crippen molar-refractivity contribution in [2.24, 2.45) is 5.41 Å². The molecule has 1 aromatic rings. The molecule has 1 aliphatic rings. The number of nitrogens with one attached hydrogen (secondary N) is 1. The Bertz CT molecular complexity index is 331. The molecular weight excluding hydrogens is 178 g/mol. The summed E-state index contributed by atoms with van der Waals surface area (Å²) in [6, 6.07) is 4.06. The Kier molecular flexibility index (Phi) is 2.10. The number of amides is 1. The molecule has 0 saturated carbocycles. The molecule has 1 fully saturated rings. The highest BCUT2D eigenvalue weighted by molar-refractivity contribution is 5.79. The van der Waals surface area contributed by atoms with E-state index in [2.05, 4.69) is 12.2 Å². The van der Waals surface area contributed by atoms with Gasteiger partial charge in [-0.1, -0.05) is 6.92 Å². The minimum Gasteiger partial charge on any atom is -0.469 e. The van der Waals surface area contributed by atoms with Crippen LogP contribution in [0.3, 0.4) is 0 Å². The molecule has 2 unspecified atom stereocenters. The van der Waals surface area contributed by atoms with Crippen LogP contribution >= 0.6 is 0 Å². The zero-order valence-electron chi connectivity index (χ0n) is 8.54. The molecule has 14 heavy (non-hydrogen) atoms. The fraction of sp³-hybridized carbons (Fsp3) is 0.545. The largest absolute Gasteiger partial charge is 0.469 e. The highest BCUT2D eigenvalue weighted by Crippen LogP contribution is 2.34. The van der Waals surface area contributed by atoms with Crippen LogP contribution in [0.4, 0.5) is 0 Å². The van der Waals surface area contributed by atoms with Crippen LogP contribution in [0, 0.1) is 5.41 Å². The fourth-order valence-electron chi connectivity index (χ4n) is 2.01. The maximum Gasteiger partial charge on any atom is 0.220 e. The molecule has 1 aromatic heterocycles. The first-order chi connectivity index (χ1) is 6.60. The van der Waals surface area contributed by atoms with Crippen LogP contribution < -0.4 is 5.32 Å². The first-order valence-electron chi connectivity index (χ1n) is 4.92. The van der Waals surface area contributed by atoms with Crippen molar-refractivity contribution in [3.05, 3.63) is 24.2 Å². The van der Waals surface area contributed by atoms with E-state index in [1.54, 1.807) is 6.26 Å². The predicted molar refractivity (Wildman–Crippen MR) is 52.7 cm³/mol. The van der Waals surface area contributed by atoms with Crippen LogP contribution in [0.25, 0.3) is 0 Å². The molecule has 1 amide bonds. The molecule has 2 rings (SSSR count). The van der Waals surface area contributed by atoms with Gasteiger partial charge in [0.25, 0.3) is 0 Å². The molecule has 0 bridgehead atoms. The molecule has 0 radical (unpaired) electrons. The summed E-state index contributed by atoms with van der Waals surface area (Å²) >= 11 is 0. The van der Waals surface area contributed by atoms with Crippen LogP contribution in [0.1, 0.15) is 26.0 Å². The summed E-state index contributed by atoms with van der Waals surface area (Å²) < 4.78 is 5.31. The molecule has 1 saturated heterocycles. The monoisotopic (exact) mass is 193 g/mol. The first-order valence-corrected chi connectivity index (χ1v) is 4.92. The quantitative estimate of drug-likeness (QED) is 0.777. The lowest BCUT2D eigenvalue weighted by Gasteiger charge is -2.26. The van der Waals surface area contributed by atoms with Crippen molar-refractivity contribution in [1.29, 1.82) is 0 Å². The predicted octanol–water partition coefficient (Wildman–Crippen LogP) is 1.74. The molecule has 1 N–H and O–H groups in total. The summed E-state index contributed by atoms with van der Waals surface area (Å²) in [7, 11) is 0. The maximum absolute atomic E-state index is 11.3. The summed E-state index contributed by atoms with van der Waals surface area (Å²) in [6.07, 6.45) is 3.09. The maximum atomic E-state index is 11.3. The molecule has 0 aliphatic carbocycles. The minimum atomic E-state index is -0.00502. The van der Waals surface area contributed by atoms with Gasteiger partial charge in [0.2, 0.25) is 5.91 Å². The molecule has 0 aromatic carbocycles. The van der Waals surface area contributed by atoms with E-state index in [4.69, 9.17) is 4.42 Å². The van der Waals surface area contributed by atoms with Crippen LogP contribution in [0.5, 0.6) is 0 Å². The van der Waals surface area contributed by atoms with Crippen molar-refractivity contribution in [2.75, 3.05) is 0 Å². The lowest BCUT2D eigenvalue weighted by molar-refractivity contribution is -0.119. The van der Waals surface area contributed by atoms with Crippen LogP contribution in [-0.4, -0.2) is 11.9 Å². The van der Waals surface area contributed by atoms with Gasteiger partial charge in [0, 0.05) is 24.3 Å². The fourth-order valence-corrected chi connectivity index (χ4v) is 2.01. The van der Waals surface area contributed by atoms with E-state index in [0.717, 1.165) is 12.2 Å². The third kappa shape index (κ3) is 1.54. The Morgan fingerprint density at radius 1 is 1.71 bits per heavy atom. The van der Waals surface area contributed by atoms with Gasteiger partial charge in [-0.2, -0.15) is 0 Å². The van der Waals surface area contributed by atoms with Gasteiger partial charge in [-0.05, 0) is 19.1 Å². The molecule has 76 valence electrons. The van der Waals surface area contributed by atoms with Gasteiger partial charge < -0.3 is 9.73 Å². The third-order valence-electron chi connectivity index (χ3n) is 3.15. The summed E-state index contributed by atoms with van der Waals surface area (Å²) in [4.78, 5) is 11.3. The van der Waals surface area contributed by atoms with Crippen molar-refractivity contribution >= 4 is 5.91 Å². The van der Waals surface area contributed by atoms with Crippen molar-refractivity contribution in [3.8, 4) is 0 Å². The summed E-state index contributed by atoms with van der Waals surface area (Å²) in [5.74, 6) is 1.10. The topological polar surface area (TPSA) is 42.2 Å². The standard InChI is InChI=1S/C11H15NO2/c1-8-11(2,7-10(13)12-8)6-9-4-3-5-14-9/h3-5,8H,6-7H2,1-2H3,(H,12,13). The van der Waals surface area contributed by atoms with Crippen molar-refractivity contribution in [2.45, 2.75) is 32.7 Å². The minimum absolute atomic E-state index is 0.00502. The van der Waals surface area contributed by atoms with E-state index in [-0.39, 0.29) is 17.4 Å². The van der Waals surface area contributed by atoms with E-state index in [0.29, 0.717) is 6.42 Å². The lowest BCUT2D eigenvalue weighted by atomic mass is 9.79. The Hall–Kier alpha value is -1.25. The van der Waals surface area contributed by atoms with E-state index in [9.17, 15) is 4.79 Å². The van der Waals surface area contributed by atoms with E-state index in [1.807, 2.05) is 19.1 Å². The molecular formula is C11H15NO2. The molecule has 1 aliphatic heterocycles. The number of hydrogen-bond acceptors (Lipinski definition) is 2. The SMILES string of the molecule is CC1NC(=O)CC1(C)Cc1ccco1. The molecule has 3 heteroatoms. The van der Waals surface area contributed by atoms with Gasteiger partial charge in [-0.3, -0.25) is 4.79 Å². The second-order valence-corrected chi connectivity index (χ2v) is 4.38. The summed E-state index contributed by atoms with van der Waals surface area (Å²) in [5, 5.41) is 2.94. The smallest absolute Gasteiger partial charge is 0.220 e. The van der Waals surface area contributed by atoms with Crippen molar-refractivity contribution in [3.63, 3.8) is 0 Å². The van der Waals surface area contributed by atoms with E-state index in [1.165, 1.54) is 0 Å². The van der Waals surface area contributed by atoms with Gasteiger partial charge in [-0.25, -0.2) is 0 Å². The number of rotatable bonds is 2. The Morgan fingerprint density at radius 2 is 2.50 bits per heavy atom. The van der Waals surface area contributed by atoms with Gasteiger partial charge >= 0.3 is 0 Å². The number of carbonyl (C=O) groups excluding carboxylic acids is 1. The zero-order chi connectivity index (χ0) is 10.2. The van der Waals surface area contributed by atoms with E-state index < -0.39 is 0 Å². The average molecular weight is 193 g/mol. The van der Waals surface area contributed by atoms with Gasteiger partial charge in [-0.15, -0.1) is 0 Å². The second-order valence-electron chi connectivity index (χ2n) is 4.38. The number of hydrogen-bond donors (Lipinski definition) is 1. The molecule has 3 nitrogen and oxygen atoms in total. The number of furan rings is 1. The summed E-state index contributed by atoms with van der Waals surface area (Å²) in [6.45, 7) is 4.17. The highest BCUT2D eigenvalue weighted by atomic mass is 16.3. The van der Waals surface area contributed by atoms with Crippen LogP contribution in [0.2, 0.25) is 0 Å². The number of carbonyl (C=O) groups is 1. The Morgan fingerprint density at radius 3 is 3.00 bits per heavy atom. The molecule has 0 spiro atoms. The highest BCUT2D eigenvalue weighted by Gasteiger charge is 2.40. The Balaban J connectivity index is 2.13. The van der Waals surface area contributed by atoms with Gasteiger partial charge in [0.05, 0.1) is 6.26 Å². The van der Waals surface area contributed by atoms with E-state index >= 15 is 0 Å². The molecule has 2 atom stereocenters. The average Bonchev–Trinajstić information content (AvgIpc) is 2.62. The normalized spacial score (nSPS) is 31.9. The Labute approximate surface area is 83.5 Å².